The number of piperazine rings is 1. The molecule has 1 saturated heterocycles. The van der Waals surface area contributed by atoms with Crippen molar-refractivity contribution in [1.82, 2.24) is 9.80 Å². The molecule has 1 aliphatic rings. The summed E-state index contributed by atoms with van der Waals surface area (Å²) in [7, 11) is 0. The highest BCUT2D eigenvalue weighted by Crippen LogP contribution is 2.14. The number of aliphatic hydroxyl groups is 1. The van der Waals surface area contributed by atoms with Crippen LogP contribution in [-0.2, 0) is 0 Å². The number of nitrogens with two attached hydrogens (primary N) is 1. The molecule has 1 aliphatic heterocycles. The molecule has 4 heteroatoms. The van der Waals surface area contributed by atoms with Crippen molar-refractivity contribution >= 4 is 0 Å². The molecular formula is C14H23N3O. The van der Waals surface area contributed by atoms with Gasteiger partial charge in [-0.3, -0.25) is 9.80 Å². The number of hydrogen-bond acceptors (Lipinski definition) is 4. The number of aliphatic hydroxyl groups excluding tert-OH is 1. The van der Waals surface area contributed by atoms with Gasteiger partial charge in [0.05, 0.1) is 6.10 Å². The minimum absolute atomic E-state index is 0.382. The zero-order valence-electron chi connectivity index (χ0n) is 10.8. The molecule has 4 nitrogen and oxygen atoms in total. The summed E-state index contributed by atoms with van der Waals surface area (Å²) in [6.07, 6.45) is -0.382. The monoisotopic (exact) mass is 249 g/mol. The summed E-state index contributed by atoms with van der Waals surface area (Å²) < 4.78 is 0. The van der Waals surface area contributed by atoms with Gasteiger partial charge in [-0.25, -0.2) is 0 Å². The third-order valence-corrected chi connectivity index (χ3v) is 3.53. The molecule has 0 spiro atoms. The van der Waals surface area contributed by atoms with Crippen molar-refractivity contribution in [2.75, 3.05) is 45.8 Å². The summed E-state index contributed by atoms with van der Waals surface area (Å²) in [5, 5.41) is 10.2. The lowest BCUT2D eigenvalue weighted by atomic mass is 10.1. The van der Waals surface area contributed by atoms with Crippen LogP contribution < -0.4 is 5.73 Å². The molecule has 0 bridgehead atoms. The first kappa shape index (κ1) is 13.5. The van der Waals surface area contributed by atoms with Crippen LogP contribution in [0.4, 0.5) is 0 Å². The Kier molecular flexibility index (Phi) is 5.13. The Bertz CT molecular complexity index is 336. The largest absolute Gasteiger partial charge is 0.387 e. The van der Waals surface area contributed by atoms with E-state index in [2.05, 4.69) is 9.80 Å². The smallest absolute Gasteiger partial charge is 0.0916 e. The molecule has 1 heterocycles. The number of nitrogens with zero attached hydrogens (tertiary/aromatic N) is 2. The fourth-order valence-corrected chi connectivity index (χ4v) is 2.40. The van der Waals surface area contributed by atoms with Crippen molar-refractivity contribution in [3.8, 4) is 0 Å². The van der Waals surface area contributed by atoms with E-state index in [9.17, 15) is 5.11 Å². The molecule has 1 atom stereocenters. The molecular weight excluding hydrogens is 226 g/mol. The van der Waals surface area contributed by atoms with Gasteiger partial charge in [0.25, 0.3) is 0 Å². The fraction of sp³-hybridized carbons (Fsp3) is 0.571. The van der Waals surface area contributed by atoms with Gasteiger partial charge in [-0.05, 0) is 5.56 Å². The molecule has 1 aromatic carbocycles. The number of benzene rings is 1. The highest BCUT2D eigenvalue weighted by Gasteiger charge is 2.19. The maximum Gasteiger partial charge on any atom is 0.0916 e. The van der Waals surface area contributed by atoms with Gasteiger partial charge in [-0.15, -0.1) is 0 Å². The molecule has 0 aromatic heterocycles. The predicted molar refractivity (Wildman–Crippen MR) is 73.3 cm³/mol. The van der Waals surface area contributed by atoms with Crippen molar-refractivity contribution in [3.05, 3.63) is 35.9 Å². The van der Waals surface area contributed by atoms with Crippen molar-refractivity contribution in [3.63, 3.8) is 0 Å². The Morgan fingerprint density at radius 3 is 2.28 bits per heavy atom. The molecule has 0 radical (unpaired) electrons. The molecule has 0 aliphatic carbocycles. The normalized spacial score (nSPS) is 19.9. The summed E-state index contributed by atoms with van der Waals surface area (Å²) in [6, 6.07) is 9.88. The van der Waals surface area contributed by atoms with E-state index in [4.69, 9.17) is 5.73 Å². The Morgan fingerprint density at radius 1 is 1.06 bits per heavy atom. The standard InChI is InChI=1S/C14H23N3O/c15-6-7-16-8-10-17(11-9-16)12-14(18)13-4-2-1-3-5-13/h1-5,14,18H,6-12,15H2. The number of hydrogen-bond donors (Lipinski definition) is 2. The Balaban J connectivity index is 1.78. The van der Waals surface area contributed by atoms with Crippen molar-refractivity contribution < 1.29 is 5.11 Å². The number of rotatable bonds is 5. The zero-order valence-corrected chi connectivity index (χ0v) is 10.8. The zero-order chi connectivity index (χ0) is 12.8. The fourth-order valence-electron chi connectivity index (χ4n) is 2.40. The highest BCUT2D eigenvalue weighted by atomic mass is 16.3. The first-order chi connectivity index (χ1) is 8.79. The van der Waals surface area contributed by atoms with Crippen LogP contribution in [0.2, 0.25) is 0 Å². The van der Waals surface area contributed by atoms with E-state index in [1.54, 1.807) is 0 Å². The van der Waals surface area contributed by atoms with Crippen LogP contribution in [0.25, 0.3) is 0 Å². The Hall–Kier alpha value is -0.940. The molecule has 1 unspecified atom stereocenters. The van der Waals surface area contributed by atoms with Crippen molar-refractivity contribution in [1.29, 1.82) is 0 Å². The maximum atomic E-state index is 10.2. The van der Waals surface area contributed by atoms with Gasteiger partial charge in [0.1, 0.15) is 0 Å². The average Bonchev–Trinajstić information content (AvgIpc) is 2.42. The maximum absolute atomic E-state index is 10.2. The van der Waals surface area contributed by atoms with Crippen molar-refractivity contribution in [2.24, 2.45) is 5.73 Å². The average molecular weight is 249 g/mol. The Morgan fingerprint density at radius 2 is 1.67 bits per heavy atom. The minimum Gasteiger partial charge on any atom is -0.387 e. The summed E-state index contributed by atoms with van der Waals surface area (Å²) in [6.45, 7) is 6.58. The van der Waals surface area contributed by atoms with Gasteiger partial charge in [-0.1, -0.05) is 30.3 Å². The summed E-state index contributed by atoms with van der Waals surface area (Å²) in [4.78, 5) is 4.70. The van der Waals surface area contributed by atoms with Crippen LogP contribution in [0.3, 0.4) is 0 Å². The highest BCUT2D eigenvalue weighted by molar-refractivity contribution is 5.17. The van der Waals surface area contributed by atoms with E-state index in [1.165, 1.54) is 0 Å². The van der Waals surface area contributed by atoms with Gasteiger partial charge in [-0.2, -0.15) is 0 Å². The van der Waals surface area contributed by atoms with E-state index < -0.39 is 0 Å². The van der Waals surface area contributed by atoms with Gasteiger partial charge in [0, 0.05) is 45.8 Å². The van der Waals surface area contributed by atoms with Gasteiger partial charge in [0.15, 0.2) is 0 Å². The van der Waals surface area contributed by atoms with E-state index in [-0.39, 0.29) is 6.10 Å². The van der Waals surface area contributed by atoms with Gasteiger partial charge in [0.2, 0.25) is 0 Å². The van der Waals surface area contributed by atoms with Crippen LogP contribution >= 0.6 is 0 Å². The van der Waals surface area contributed by atoms with Crippen LogP contribution in [0.5, 0.6) is 0 Å². The van der Waals surface area contributed by atoms with Crippen LogP contribution in [-0.4, -0.2) is 60.7 Å². The van der Waals surface area contributed by atoms with E-state index >= 15 is 0 Å². The van der Waals surface area contributed by atoms with Crippen LogP contribution in [0.1, 0.15) is 11.7 Å². The van der Waals surface area contributed by atoms with E-state index in [1.807, 2.05) is 30.3 Å². The third kappa shape index (κ3) is 3.78. The molecule has 1 fully saturated rings. The molecule has 0 amide bonds. The summed E-state index contributed by atoms with van der Waals surface area (Å²) in [5.41, 5.74) is 6.56. The quantitative estimate of drug-likeness (QED) is 0.788. The van der Waals surface area contributed by atoms with Crippen molar-refractivity contribution in [2.45, 2.75) is 6.10 Å². The molecule has 18 heavy (non-hydrogen) atoms. The second-order valence-corrected chi connectivity index (χ2v) is 4.86. The number of β-amino-alcohol motifs (C(OH)–C–C–N with tert-alkyl or cyclic N) is 1. The molecule has 0 saturated carbocycles. The lowest BCUT2D eigenvalue weighted by molar-refractivity contribution is 0.0736. The first-order valence-electron chi connectivity index (χ1n) is 6.67. The van der Waals surface area contributed by atoms with E-state index in [0.717, 1.165) is 51.4 Å². The topological polar surface area (TPSA) is 52.7 Å². The molecule has 2 rings (SSSR count). The SMILES string of the molecule is NCCN1CCN(CC(O)c2ccccc2)CC1. The minimum atomic E-state index is -0.382. The second kappa shape index (κ2) is 6.85. The third-order valence-electron chi connectivity index (χ3n) is 3.53. The molecule has 3 N–H and O–H groups in total. The molecule has 100 valence electrons. The second-order valence-electron chi connectivity index (χ2n) is 4.86. The predicted octanol–water partition coefficient (Wildman–Crippen LogP) is 0.296. The summed E-state index contributed by atoms with van der Waals surface area (Å²) >= 11 is 0. The first-order valence-corrected chi connectivity index (χ1v) is 6.67. The summed E-state index contributed by atoms with van der Waals surface area (Å²) in [5.74, 6) is 0. The molecule has 1 aromatic rings. The van der Waals surface area contributed by atoms with E-state index in [0.29, 0.717) is 0 Å². The lowest BCUT2D eigenvalue weighted by Gasteiger charge is -2.35. The van der Waals surface area contributed by atoms with Crippen LogP contribution in [0, 0.1) is 0 Å². The van der Waals surface area contributed by atoms with Crippen LogP contribution in [0.15, 0.2) is 30.3 Å². The lowest BCUT2D eigenvalue weighted by Crippen LogP contribution is -2.48. The van der Waals surface area contributed by atoms with Gasteiger partial charge >= 0.3 is 0 Å². The Labute approximate surface area is 109 Å². The van der Waals surface area contributed by atoms with Gasteiger partial charge < -0.3 is 10.8 Å².